The van der Waals surface area contributed by atoms with Crippen LogP contribution in [-0.2, 0) is 0 Å². The quantitative estimate of drug-likeness (QED) is 0.372. The van der Waals surface area contributed by atoms with Gasteiger partial charge in [-0.1, -0.05) is 30.3 Å². The first-order chi connectivity index (χ1) is 13.5. The maximum absolute atomic E-state index is 12.5. The van der Waals surface area contributed by atoms with Gasteiger partial charge >= 0.3 is 0 Å². The summed E-state index contributed by atoms with van der Waals surface area (Å²) >= 11 is 1.58. The molecule has 0 saturated heterocycles. The molecule has 0 atom stereocenters. The summed E-state index contributed by atoms with van der Waals surface area (Å²) in [6.45, 7) is 1.64. The van der Waals surface area contributed by atoms with Crippen LogP contribution in [0.4, 0.5) is 11.4 Å². The molecular formula is C21H15N3O3S. The highest BCUT2D eigenvalue weighted by Crippen LogP contribution is 2.31. The SMILES string of the molecule is Cc1ccc(C(=O)Nc2cccc(-c3nc4ccccc4s3)c2)cc1[N+](=O)[O-]. The highest BCUT2D eigenvalue weighted by atomic mass is 32.1. The maximum atomic E-state index is 12.5. The van der Waals surface area contributed by atoms with Crippen LogP contribution in [0, 0.1) is 17.0 Å². The van der Waals surface area contributed by atoms with Gasteiger partial charge in [-0.25, -0.2) is 4.98 Å². The van der Waals surface area contributed by atoms with Crippen molar-refractivity contribution in [3.63, 3.8) is 0 Å². The number of hydrogen-bond donors (Lipinski definition) is 1. The van der Waals surface area contributed by atoms with E-state index < -0.39 is 10.8 Å². The third-order valence-electron chi connectivity index (χ3n) is 4.33. The van der Waals surface area contributed by atoms with Crippen LogP contribution in [0.25, 0.3) is 20.8 Å². The van der Waals surface area contributed by atoms with Gasteiger partial charge in [-0.15, -0.1) is 11.3 Å². The molecule has 7 heteroatoms. The monoisotopic (exact) mass is 389 g/mol. The fraction of sp³-hybridized carbons (Fsp3) is 0.0476. The zero-order chi connectivity index (χ0) is 19.7. The maximum Gasteiger partial charge on any atom is 0.273 e. The molecule has 1 aromatic heterocycles. The van der Waals surface area contributed by atoms with Crippen molar-refractivity contribution in [3.8, 4) is 10.6 Å². The number of anilines is 1. The summed E-state index contributed by atoms with van der Waals surface area (Å²) < 4.78 is 1.10. The number of aryl methyl sites for hydroxylation is 1. The van der Waals surface area contributed by atoms with Crippen molar-refractivity contribution >= 4 is 38.8 Å². The molecule has 4 rings (SSSR count). The van der Waals surface area contributed by atoms with Gasteiger partial charge in [-0.05, 0) is 37.3 Å². The van der Waals surface area contributed by atoms with Gasteiger partial charge in [0.15, 0.2) is 0 Å². The second-order valence-electron chi connectivity index (χ2n) is 6.28. The first kappa shape index (κ1) is 17.8. The van der Waals surface area contributed by atoms with Crippen molar-refractivity contribution in [2.75, 3.05) is 5.32 Å². The minimum atomic E-state index is -0.486. The van der Waals surface area contributed by atoms with E-state index in [1.54, 1.807) is 36.5 Å². The van der Waals surface area contributed by atoms with Gasteiger partial charge in [-0.2, -0.15) is 0 Å². The normalized spacial score (nSPS) is 10.8. The fourth-order valence-electron chi connectivity index (χ4n) is 2.88. The number of fused-ring (bicyclic) bond motifs is 1. The number of para-hydroxylation sites is 1. The van der Waals surface area contributed by atoms with Crippen molar-refractivity contribution in [2.45, 2.75) is 6.92 Å². The van der Waals surface area contributed by atoms with Gasteiger partial charge in [0.05, 0.1) is 15.1 Å². The molecule has 1 amide bonds. The molecule has 0 aliphatic rings. The predicted octanol–water partition coefficient (Wildman–Crippen LogP) is 5.43. The molecule has 1 N–H and O–H groups in total. The first-order valence-corrected chi connectivity index (χ1v) is 9.35. The van der Waals surface area contributed by atoms with Crippen molar-refractivity contribution in [2.24, 2.45) is 0 Å². The average molecular weight is 389 g/mol. The number of amides is 1. The summed E-state index contributed by atoms with van der Waals surface area (Å²) in [6, 6.07) is 19.7. The Hall–Kier alpha value is -3.58. The standard InChI is InChI=1S/C21H15N3O3S/c1-13-9-10-14(12-18(13)24(26)27)20(25)22-16-6-4-5-15(11-16)21-23-17-7-2-3-8-19(17)28-21/h2-12H,1H3,(H,22,25). The predicted molar refractivity (Wildman–Crippen MR) is 111 cm³/mol. The van der Waals surface area contributed by atoms with Crippen LogP contribution < -0.4 is 5.32 Å². The van der Waals surface area contributed by atoms with E-state index in [0.29, 0.717) is 11.3 Å². The van der Waals surface area contributed by atoms with Crippen LogP contribution in [0.15, 0.2) is 66.7 Å². The van der Waals surface area contributed by atoms with E-state index in [-0.39, 0.29) is 11.3 Å². The minimum Gasteiger partial charge on any atom is -0.322 e. The van der Waals surface area contributed by atoms with Crippen molar-refractivity contribution in [1.29, 1.82) is 0 Å². The Morgan fingerprint density at radius 1 is 1.07 bits per heavy atom. The number of carbonyl (C=O) groups excluding carboxylic acids is 1. The second kappa shape index (κ2) is 7.21. The summed E-state index contributed by atoms with van der Waals surface area (Å²) in [6.07, 6.45) is 0. The molecule has 0 aliphatic heterocycles. The second-order valence-corrected chi connectivity index (χ2v) is 7.31. The lowest BCUT2D eigenvalue weighted by molar-refractivity contribution is -0.385. The largest absolute Gasteiger partial charge is 0.322 e. The van der Waals surface area contributed by atoms with Gasteiger partial charge in [-0.3, -0.25) is 14.9 Å². The van der Waals surface area contributed by atoms with Gasteiger partial charge in [0.25, 0.3) is 11.6 Å². The highest BCUT2D eigenvalue weighted by Gasteiger charge is 2.15. The molecule has 0 fully saturated rings. The molecule has 0 bridgehead atoms. The Labute approximate surface area is 164 Å². The van der Waals surface area contributed by atoms with E-state index in [0.717, 1.165) is 20.8 Å². The van der Waals surface area contributed by atoms with E-state index >= 15 is 0 Å². The molecular weight excluding hydrogens is 374 g/mol. The van der Waals surface area contributed by atoms with Gasteiger partial charge in [0, 0.05) is 28.4 Å². The van der Waals surface area contributed by atoms with Crippen LogP contribution in [0.5, 0.6) is 0 Å². The zero-order valence-corrected chi connectivity index (χ0v) is 15.7. The number of nitro benzene ring substituents is 1. The lowest BCUT2D eigenvalue weighted by atomic mass is 10.1. The van der Waals surface area contributed by atoms with Crippen LogP contribution in [-0.4, -0.2) is 15.8 Å². The number of nitrogens with zero attached hydrogens (tertiary/aromatic N) is 2. The zero-order valence-electron chi connectivity index (χ0n) is 14.9. The molecule has 28 heavy (non-hydrogen) atoms. The Balaban J connectivity index is 1.60. The van der Waals surface area contributed by atoms with E-state index in [4.69, 9.17) is 0 Å². The Morgan fingerprint density at radius 2 is 1.89 bits per heavy atom. The lowest BCUT2D eigenvalue weighted by Gasteiger charge is -2.07. The Kier molecular flexibility index (Phi) is 4.58. The van der Waals surface area contributed by atoms with E-state index in [9.17, 15) is 14.9 Å². The first-order valence-electron chi connectivity index (χ1n) is 8.54. The van der Waals surface area contributed by atoms with Crippen molar-refractivity contribution in [1.82, 2.24) is 4.98 Å². The number of hydrogen-bond acceptors (Lipinski definition) is 5. The molecule has 3 aromatic carbocycles. The topological polar surface area (TPSA) is 85.1 Å². The number of aromatic nitrogens is 1. The van der Waals surface area contributed by atoms with Crippen molar-refractivity contribution < 1.29 is 9.72 Å². The number of carbonyl (C=O) groups is 1. The Morgan fingerprint density at radius 3 is 2.68 bits per heavy atom. The van der Waals surface area contributed by atoms with Crippen molar-refractivity contribution in [3.05, 3.63) is 88.0 Å². The Bertz CT molecular complexity index is 1180. The average Bonchev–Trinajstić information content (AvgIpc) is 3.12. The van der Waals surface area contributed by atoms with Gasteiger partial charge < -0.3 is 5.32 Å². The summed E-state index contributed by atoms with van der Waals surface area (Å²) in [5.41, 5.74) is 3.11. The summed E-state index contributed by atoms with van der Waals surface area (Å²) in [4.78, 5) is 27.8. The number of nitrogens with one attached hydrogen (secondary N) is 1. The molecule has 4 aromatic rings. The third kappa shape index (κ3) is 3.47. The molecule has 6 nitrogen and oxygen atoms in total. The third-order valence-corrected chi connectivity index (χ3v) is 5.41. The molecule has 1 heterocycles. The van der Waals surface area contributed by atoms with Crippen LogP contribution in [0.2, 0.25) is 0 Å². The minimum absolute atomic E-state index is 0.0733. The number of thiazole rings is 1. The molecule has 138 valence electrons. The van der Waals surface area contributed by atoms with E-state index in [2.05, 4.69) is 10.3 Å². The molecule has 0 spiro atoms. The van der Waals surface area contributed by atoms with Gasteiger partial charge in [0.2, 0.25) is 0 Å². The van der Waals surface area contributed by atoms with Crippen LogP contribution in [0.3, 0.4) is 0 Å². The highest BCUT2D eigenvalue weighted by molar-refractivity contribution is 7.21. The fourth-order valence-corrected chi connectivity index (χ4v) is 3.84. The van der Waals surface area contributed by atoms with Gasteiger partial charge in [0.1, 0.15) is 5.01 Å². The number of nitro groups is 1. The van der Waals surface area contributed by atoms with E-state index in [1.165, 1.54) is 6.07 Å². The van der Waals surface area contributed by atoms with Crippen LogP contribution in [0.1, 0.15) is 15.9 Å². The lowest BCUT2D eigenvalue weighted by Crippen LogP contribution is -2.12. The summed E-state index contributed by atoms with van der Waals surface area (Å²) in [7, 11) is 0. The summed E-state index contributed by atoms with van der Waals surface area (Å²) in [5.74, 6) is -0.399. The molecule has 0 radical (unpaired) electrons. The number of benzene rings is 3. The molecule has 0 aliphatic carbocycles. The molecule has 0 saturated carbocycles. The number of rotatable bonds is 4. The van der Waals surface area contributed by atoms with Crippen LogP contribution >= 0.6 is 11.3 Å². The molecule has 0 unspecified atom stereocenters. The van der Waals surface area contributed by atoms with E-state index in [1.807, 2.05) is 42.5 Å². The summed E-state index contributed by atoms with van der Waals surface area (Å²) in [5, 5.41) is 14.8. The smallest absolute Gasteiger partial charge is 0.273 e.